The molecule has 0 amide bonds. The van der Waals surface area contributed by atoms with Crippen molar-refractivity contribution in [2.75, 3.05) is 7.11 Å². The molecule has 0 fully saturated rings. The summed E-state index contributed by atoms with van der Waals surface area (Å²) in [5, 5.41) is 11.7. The second-order valence-electron chi connectivity index (χ2n) is 4.67. The van der Waals surface area contributed by atoms with Crippen LogP contribution in [0.3, 0.4) is 0 Å². The molecular formula is C14H13Cl2NO2. The number of rotatable bonds is 1. The summed E-state index contributed by atoms with van der Waals surface area (Å²) in [5.74, 6) is 0.686. The van der Waals surface area contributed by atoms with Gasteiger partial charge in [0.1, 0.15) is 5.75 Å². The quantitative estimate of drug-likeness (QED) is 0.867. The van der Waals surface area contributed by atoms with Gasteiger partial charge in [0, 0.05) is 5.56 Å². The van der Waals surface area contributed by atoms with Crippen molar-refractivity contribution in [3.8, 4) is 5.75 Å². The van der Waals surface area contributed by atoms with E-state index in [0.29, 0.717) is 27.0 Å². The first-order valence-corrected chi connectivity index (χ1v) is 6.91. The van der Waals surface area contributed by atoms with E-state index in [4.69, 9.17) is 27.9 Å². The normalized spacial score (nSPS) is 18.4. The van der Waals surface area contributed by atoms with Crippen molar-refractivity contribution in [1.82, 2.24) is 4.98 Å². The molecule has 19 heavy (non-hydrogen) atoms. The van der Waals surface area contributed by atoms with Gasteiger partial charge < -0.3 is 9.84 Å². The molecule has 3 nitrogen and oxygen atoms in total. The Morgan fingerprint density at radius 3 is 2.89 bits per heavy atom. The number of ether oxygens (including phenoxy) is 1. The number of aromatic nitrogens is 1. The van der Waals surface area contributed by atoms with E-state index < -0.39 is 6.10 Å². The summed E-state index contributed by atoms with van der Waals surface area (Å²) < 4.78 is 5.52. The highest BCUT2D eigenvalue weighted by Gasteiger charge is 2.26. The molecule has 1 atom stereocenters. The summed E-state index contributed by atoms with van der Waals surface area (Å²) in [6, 6.07) is 3.51. The highest BCUT2D eigenvalue weighted by molar-refractivity contribution is 6.45. The molecule has 1 aromatic heterocycles. The SMILES string of the molecule is COc1c2c(nc3ccc(Cl)c(Cl)c13)C(O)CCC2. The van der Waals surface area contributed by atoms with Crippen LogP contribution in [0.2, 0.25) is 10.0 Å². The lowest BCUT2D eigenvalue weighted by molar-refractivity contribution is 0.151. The van der Waals surface area contributed by atoms with Gasteiger partial charge in [-0.3, -0.25) is 0 Å². The van der Waals surface area contributed by atoms with Gasteiger partial charge in [-0.2, -0.15) is 0 Å². The molecule has 1 unspecified atom stereocenters. The van der Waals surface area contributed by atoms with E-state index in [1.54, 1.807) is 19.2 Å². The highest BCUT2D eigenvalue weighted by Crippen LogP contribution is 2.43. The molecule has 100 valence electrons. The van der Waals surface area contributed by atoms with E-state index in [2.05, 4.69) is 4.98 Å². The number of hydrogen-bond acceptors (Lipinski definition) is 3. The fourth-order valence-corrected chi connectivity index (χ4v) is 3.07. The molecule has 0 bridgehead atoms. The Labute approximate surface area is 121 Å². The molecule has 1 heterocycles. The highest BCUT2D eigenvalue weighted by atomic mass is 35.5. The zero-order valence-corrected chi connectivity index (χ0v) is 11.9. The predicted octanol–water partition coefficient (Wildman–Crippen LogP) is 3.92. The van der Waals surface area contributed by atoms with Crippen LogP contribution in [0.25, 0.3) is 10.9 Å². The summed E-state index contributed by atoms with van der Waals surface area (Å²) in [6.07, 6.45) is 1.95. The monoisotopic (exact) mass is 297 g/mol. The van der Waals surface area contributed by atoms with Crippen molar-refractivity contribution in [2.45, 2.75) is 25.4 Å². The predicted molar refractivity (Wildman–Crippen MR) is 76.2 cm³/mol. The molecule has 0 saturated heterocycles. The average molecular weight is 298 g/mol. The summed E-state index contributed by atoms with van der Waals surface area (Å²) in [7, 11) is 1.60. The van der Waals surface area contributed by atoms with Gasteiger partial charge in [0.25, 0.3) is 0 Å². The third-order valence-corrected chi connectivity index (χ3v) is 4.35. The first-order valence-electron chi connectivity index (χ1n) is 6.16. The van der Waals surface area contributed by atoms with Gasteiger partial charge in [-0.05, 0) is 31.4 Å². The minimum absolute atomic E-state index is 0.450. The minimum Gasteiger partial charge on any atom is -0.496 e. The van der Waals surface area contributed by atoms with Crippen LogP contribution in [-0.2, 0) is 6.42 Å². The zero-order chi connectivity index (χ0) is 13.6. The van der Waals surface area contributed by atoms with E-state index in [1.807, 2.05) is 0 Å². The molecule has 0 saturated carbocycles. The molecule has 0 aliphatic heterocycles. The third kappa shape index (κ3) is 1.97. The molecule has 1 aliphatic rings. The van der Waals surface area contributed by atoms with Crippen molar-refractivity contribution in [2.24, 2.45) is 0 Å². The number of halogens is 2. The van der Waals surface area contributed by atoms with E-state index in [-0.39, 0.29) is 0 Å². The van der Waals surface area contributed by atoms with Crippen LogP contribution in [0.15, 0.2) is 12.1 Å². The number of hydrogen-bond donors (Lipinski definition) is 1. The lowest BCUT2D eigenvalue weighted by Crippen LogP contribution is -2.13. The number of aliphatic hydroxyl groups is 1. The van der Waals surface area contributed by atoms with Gasteiger partial charge in [-0.1, -0.05) is 23.2 Å². The Morgan fingerprint density at radius 1 is 1.37 bits per heavy atom. The van der Waals surface area contributed by atoms with Gasteiger partial charge in [-0.15, -0.1) is 0 Å². The van der Waals surface area contributed by atoms with Crippen LogP contribution in [0.1, 0.15) is 30.2 Å². The molecule has 1 aromatic carbocycles. The second-order valence-corrected chi connectivity index (χ2v) is 5.46. The van der Waals surface area contributed by atoms with Crippen LogP contribution >= 0.6 is 23.2 Å². The van der Waals surface area contributed by atoms with Gasteiger partial charge in [-0.25, -0.2) is 4.98 Å². The van der Waals surface area contributed by atoms with Crippen LogP contribution in [0.5, 0.6) is 5.75 Å². The largest absolute Gasteiger partial charge is 0.496 e. The number of nitrogens with zero attached hydrogens (tertiary/aromatic N) is 1. The fourth-order valence-electron chi connectivity index (χ4n) is 2.67. The Hall–Kier alpha value is -1.03. The van der Waals surface area contributed by atoms with Crippen LogP contribution in [-0.4, -0.2) is 17.2 Å². The van der Waals surface area contributed by atoms with Crippen LogP contribution < -0.4 is 4.74 Å². The Balaban J connectivity index is 2.42. The van der Waals surface area contributed by atoms with Crippen molar-refractivity contribution in [1.29, 1.82) is 0 Å². The van der Waals surface area contributed by atoms with Gasteiger partial charge in [0.2, 0.25) is 0 Å². The summed E-state index contributed by atoms with van der Waals surface area (Å²) in [4.78, 5) is 4.53. The zero-order valence-electron chi connectivity index (χ0n) is 10.4. The molecule has 0 spiro atoms. The standard InChI is InChI=1S/C14H13Cl2NO2/c1-19-14-7-3-2-4-10(18)13(7)17-9-6-5-8(15)12(16)11(9)14/h5-6,10,18H,2-4H2,1H3. The van der Waals surface area contributed by atoms with Crippen molar-refractivity contribution < 1.29 is 9.84 Å². The number of methoxy groups -OCH3 is 1. The van der Waals surface area contributed by atoms with Crippen molar-refractivity contribution in [3.63, 3.8) is 0 Å². The van der Waals surface area contributed by atoms with E-state index >= 15 is 0 Å². The Morgan fingerprint density at radius 2 is 2.16 bits per heavy atom. The van der Waals surface area contributed by atoms with Crippen molar-refractivity contribution >= 4 is 34.1 Å². The minimum atomic E-state index is -0.531. The summed E-state index contributed by atoms with van der Waals surface area (Å²) in [5.41, 5.74) is 2.35. The van der Waals surface area contributed by atoms with E-state index in [1.165, 1.54) is 0 Å². The molecule has 0 radical (unpaired) electrons. The van der Waals surface area contributed by atoms with E-state index in [0.717, 1.165) is 30.2 Å². The summed E-state index contributed by atoms with van der Waals surface area (Å²) in [6.45, 7) is 0. The molecular weight excluding hydrogens is 285 g/mol. The Kier molecular flexibility index (Phi) is 3.29. The molecule has 5 heteroatoms. The maximum Gasteiger partial charge on any atom is 0.134 e. The second kappa shape index (κ2) is 4.82. The van der Waals surface area contributed by atoms with Crippen LogP contribution in [0, 0.1) is 0 Å². The number of aliphatic hydroxyl groups excluding tert-OH is 1. The van der Waals surface area contributed by atoms with Gasteiger partial charge in [0.05, 0.1) is 39.9 Å². The smallest absolute Gasteiger partial charge is 0.134 e. The first kappa shape index (κ1) is 13.0. The molecule has 2 aromatic rings. The van der Waals surface area contributed by atoms with Crippen LogP contribution in [0.4, 0.5) is 0 Å². The number of fused-ring (bicyclic) bond motifs is 2. The fraction of sp³-hybridized carbons (Fsp3) is 0.357. The topological polar surface area (TPSA) is 42.4 Å². The van der Waals surface area contributed by atoms with Gasteiger partial charge in [0.15, 0.2) is 0 Å². The molecule has 3 rings (SSSR count). The van der Waals surface area contributed by atoms with Gasteiger partial charge >= 0.3 is 0 Å². The number of pyridine rings is 1. The van der Waals surface area contributed by atoms with E-state index in [9.17, 15) is 5.11 Å². The molecule has 1 aliphatic carbocycles. The lowest BCUT2D eigenvalue weighted by atomic mass is 9.91. The maximum atomic E-state index is 10.1. The maximum absolute atomic E-state index is 10.1. The third-order valence-electron chi connectivity index (χ3n) is 3.55. The number of benzene rings is 1. The lowest BCUT2D eigenvalue weighted by Gasteiger charge is -2.24. The molecule has 1 N–H and O–H groups in total. The first-order chi connectivity index (χ1) is 9.13. The average Bonchev–Trinajstić information content (AvgIpc) is 2.42. The van der Waals surface area contributed by atoms with Crippen molar-refractivity contribution in [3.05, 3.63) is 33.4 Å². The Bertz CT molecular complexity index is 658. The summed E-state index contributed by atoms with van der Waals surface area (Å²) >= 11 is 12.3.